The van der Waals surface area contributed by atoms with E-state index in [1.807, 2.05) is 0 Å². The molecule has 7 nitrogen and oxygen atoms in total. The fourth-order valence-electron chi connectivity index (χ4n) is 2.44. The highest BCUT2D eigenvalue weighted by atomic mass is 16.5. The summed E-state index contributed by atoms with van der Waals surface area (Å²) >= 11 is 0. The van der Waals surface area contributed by atoms with Gasteiger partial charge in [0.15, 0.2) is 0 Å². The SMILES string of the molecule is CC(C)[C@H](NC(=O)c1cccc(-c2noc(CC(C)(C)C)n2)c1)C(=O)O. The summed E-state index contributed by atoms with van der Waals surface area (Å²) in [6.45, 7) is 9.72. The van der Waals surface area contributed by atoms with Crippen LogP contribution in [0.25, 0.3) is 11.4 Å². The highest BCUT2D eigenvalue weighted by Gasteiger charge is 2.24. The highest BCUT2D eigenvalue weighted by molar-refractivity contribution is 5.97. The zero-order chi connectivity index (χ0) is 19.5. The summed E-state index contributed by atoms with van der Waals surface area (Å²) in [5.41, 5.74) is 1.00. The second kappa shape index (κ2) is 7.68. The van der Waals surface area contributed by atoms with E-state index in [0.717, 1.165) is 0 Å². The minimum Gasteiger partial charge on any atom is -0.480 e. The minimum absolute atomic E-state index is 0.0221. The Morgan fingerprint density at radius 2 is 1.96 bits per heavy atom. The average molecular weight is 359 g/mol. The average Bonchev–Trinajstić information content (AvgIpc) is 2.98. The number of aliphatic carboxylic acids is 1. The molecule has 1 aromatic heterocycles. The Morgan fingerprint density at radius 1 is 1.27 bits per heavy atom. The van der Waals surface area contributed by atoms with Gasteiger partial charge in [-0.3, -0.25) is 4.79 Å². The van der Waals surface area contributed by atoms with Crippen molar-refractivity contribution in [2.45, 2.75) is 47.1 Å². The van der Waals surface area contributed by atoms with Crippen molar-refractivity contribution in [1.29, 1.82) is 0 Å². The van der Waals surface area contributed by atoms with E-state index in [-0.39, 0.29) is 11.3 Å². The zero-order valence-electron chi connectivity index (χ0n) is 15.7. The first-order valence-corrected chi connectivity index (χ1v) is 8.53. The number of hydrogen-bond acceptors (Lipinski definition) is 5. The van der Waals surface area contributed by atoms with Crippen LogP contribution in [0.3, 0.4) is 0 Å². The second-order valence-corrected chi connectivity index (χ2v) is 7.86. The summed E-state index contributed by atoms with van der Waals surface area (Å²) in [5, 5.41) is 15.7. The van der Waals surface area contributed by atoms with Gasteiger partial charge < -0.3 is 14.9 Å². The number of carboxylic acids is 1. The van der Waals surface area contributed by atoms with Crippen LogP contribution in [0.4, 0.5) is 0 Å². The van der Waals surface area contributed by atoms with Crippen molar-refractivity contribution in [1.82, 2.24) is 15.5 Å². The molecule has 2 N–H and O–H groups in total. The summed E-state index contributed by atoms with van der Waals surface area (Å²) in [6, 6.07) is 5.78. The minimum atomic E-state index is -1.06. The molecule has 7 heteroatoms. The first-order valence-electron chi connectivity index (χ1n) is 8.53. The van der Waals surface area contributed by atoms with Crippen LogP contribution in [0, 0.1) is 11.3 Å². The van der Waals surface area contributed by atoms with Crippen molar-refractivity contribution in [3.05, 3.63) is 35.7 Å². The summed E-state index contributed by atoms with van der Waals surface area (Å²) in [7, 11) is 0. The first kappa shape index (κ1) is 19.6. The standard InChI is InChI=1S/C19H25N3O4/c1-11(2)15(18(24)25)21-17(23)13-8-6-7-12(9-13)16-20-14(26-22-16)10-19(3,4)5/h6-9,11,15H,10H2,1-5H3,(H,21,23)(H,24,25)/t15-/m0/s1. The lowest BCUT2D eigenvalue weighted by molar-refractivity contribution is -0.140. The van der Waals surface area contributed by atoms with Crippen LogP contribution in [0.15, 0.2) is 28.8 Å². The second-order valence-electron chi connectivity index (χ2n) is 7.86. The van der Waals surface area contributed by atoms with Gasteiger partial charge in [0.2, 0.25) is 11.7 Å². The van der Waals surface area contributed by atoms with Gasteiger partial charge in [-0.05, 0) is 23.5 Å². The van der Waals surface area contributed by atoms with E-state index in [2.05, 4.69) is 36.2 Å². The Kier molecular flexibility index (Phi) is 5.79. The zero-order valence-corrected chi connectivity index (χ0v) is 15.7. The molecule has 0 spiro atoms. The fourth-order valence-corrected chi connectivity index (χ4v) is 2.44. The number of carboxylic acid groups (broad SMARTS) is 1. The number of carbonyl (C=O) groups is 2. The Hall–Kier alpha value is -2.70. The van der Waals surface area contributed by atoms with Gasteiger partial charge in [0.25, 0.3) is 5.91 Å². The topological polar surface area (TPSA) is 105 Å². The lowest BCUT2D eigenvalue weighted by Crippen LogP contribution is -2.44. The number of nitrogens with zero attached hydrogens (tertiary/aromatic N) is 2. The Balaban J connectivity index is 2.20. The van der Waals surface area contributed by atoms with Crippen LogP contribution < -0.4 is 5.32 Å². The largest absolute Gasteiger partial charge is 0.480 e. The van der Waals surface area contributed by atoms with Crippen molar-refractivity contribution < 1.29 is 19.2 Å². The van der Waals surface area contributed by atoms with Crippen LogP contribution in [0.5, 0.6) is 0 Å². The van der Waals surface area contributed by atoms with Gasteiger partial charge in [-0.2, -0.15) is 4.98 Å². The molecular weight excluding hydrogens is 334 g/mol. The molecule has 26 heavy (non-hydrogen) atoms. The molecule has 140 valence electrons. The van der Waals surface area contributed by atoms with Crippen molar-refractivity contribution in [2.24, 2.45) is 11.3 Å². The van der Waals surface area contributed by atoms with Crippen LogP contribution in [0.2, 0.25) is 0 Å². The van der Waals surface area contributed by atoms with Gasteiger partial charge in [-0.15, -0.1) is 0 Å². The van der Waals surface area contributed by atoms with E-state index in [0.29, 0.717) is 29.3 Å². The molecule has 1 aromatic carbocycles. The molecule has 2 aromatic rings. The molecule has 0 saturated carbocycles. The Labute approximate surface area is 152 Å². The number of amides is 1. The maximum Gasteiger partial charge on any atom is 0.326 e. The van der Waals surface area contributed by atoms with Crippen LogP contribution >= 0.6 is 0 Å². The van der Waals surface area contributed by atoms with Gasteiger partial charge in [0.05, 0.1) is 0 Å². The van der Waals surface area contributed by atoms with Gasteiger partial charge in [-0.1, -0.05) is 51.9 Å². The van der Waals surface area contributed by atoms with Crippen molar-refractivity contribution in [2.75, 3.05) is 0 Å². The van der Waals surface area contributed by atoms with Gasteiger partial charge in [-0.25, -0.2) is 4.79 Å². The normalized spacial score (nSPS) is 12.8. The summed E-state index contributed by atoms with van der Waals surface area (Å²) < 4.78 is 5.28. The highest BCUT2D eigenvalue weighted by Crippen LogP contribution is 2.22. The van der Waals surface area contributed by atoms with E-state index in [1.165, 1.54) is 0 Å². The molecule has 2 rings (SSSR count). The van der Waals surface area contributed by atoms with Crippen LogP contribution in [-0.4, -0.2) is 33.2 Å². The van der Waals surface area contributed by atoms with Gasteiger partial charge in [0.1, 0.15) is 6.04 Å². The molecular formula is C19H25N3O4. The van der Waals surface area contributed by atoms with Crippen molar-refractivity contribution >= 4 is 11.9 Å². The number of nitrogens with one attached hydrogen (secondary N) is 1. The molecule has 0 radical (unpaired) electrons. The Bertz CT molecular complexity index is 790. The molecule has 0 aliphatic rings. The van der Waals surface area contributed by atoms with Gasteiger partial charge in [0, 0.05) is 17.5 Å². The maximum absolute atomic E-state index is 12.4. The number of rotatable bonds is 6. The summed E-state index contributed by atoms with van der Waals surface area (Å²) in [6.07, 6.45) is 0.648. The van der Waals surface area contributed by atoms with E-state index in [9.17, 15) is 14.7 Å². The van der Waals surface area contributed by atoms with Crippen molar-refractivity contribution in [3.63, 3.8) is 0 Å². The molecule has 0 unspecified atom stereocenters. The first-order chi connectivity index (χ1) is 12.1. The predicted molar refractivity (Wildman–Crippen MR) is 96.6 cm³/mol. The lowest BCUT2D eigenvalue weighted by Gasteiger charge is -2.17. The predicted octanol–water partition coefficient (Wildman–Crippen LogP) is 3.16. The lowest BCUT2D eigenvalue weighted by atomic mass is 9.92. The van der Waals surface area contributed by atoms with E-state index in [4.69, 9.17) is 4.52 Å². The molecule has 0 aliphatic carbocycles. The summed E-state index contributed by atoms with van der Waals surface area (Å²) in [5.74, 6) is -0.803. The number of hydrogen-bond donors (Lipinski definition) is 2. The third-order valence-corrected chi connectivity index (χ3v) is 3.75. The molecule has 0 fully saturated rings. The van der Waals surface area contributed by atoms with E-state index >= 15 is 0 Å². The fraction of sp³-hybridized carbons (Fsp3) is 0.474. The molecule has 1 heterocycles. The quantitative estimate of drug-likeness (QED) is 0.821. The number of benzene rings is 1. The maximum atomic E-state index is 12.4. The van der Waals surface area contributed by atoms with E-state index < -0.39 is 17.9 Å². The van der Waals surface area contributed by atoms with Crippen LogP contribution in [-0.2, 0) is 11.2 Å². The van der Waals surface area contributed by atoms with E-state index in [1.54, 1.807) is 38.1 Å². The molecule has 1 amide bonds. The van der Waals surface area contributed by atoms with Crippen LogP contribution in [0.1, 0.15) is 50.9 Å². The monoisotopic (exact) mass is 359 g/mol. The molecule has 0 saturated heterocycles. The summed E-state index contributed by atoms with van der Waals surface area (Å²) in [4.78, 5) is 28.0. The third kappa shape index (κ3) is 5.15. The third-order valence-electron chi connectivity index (χ3n) is 3.75. The number of carbonyl (C=O) groups excluding carboxylic acids is 1. The smallest absolute Gasteiger partial charge is 0.326 e. The van der Waals surface area contributed by atoms with Gasteiger partial charge >= 0.3 is 5.97 Å². The number of aromatic nitrogens is 2. The molecule has 0 bridgehead atoms. The van der Waals surface area contributed by atoms with Crippen molar-refractivity contribution in [3.8, 4) is 11.4 Å². The molecule has 0 aliphatic heterocycles. The molecule has 1 atom stereocenters. The Morgan fingerprint density at radius 3 is 2.54 bits per heavy atom.